The maximum Gasteiger partial charge on any atom is 0.310 e. The lowest BCUT2D eigenvalue weighted by Crippen LogP contribution is -2.25. The molecule has 3 nitrogen and oxygen atoms in total. The number of hydrogen-bond donors (Lipinski definition) is 1. The SMILES string of the molecule is CC(C)(C)OC(=O)[C@@H]1C[C@H]1c1ccc(CN)cc1. The second kappa shape index (κ2) is 4.73. The third-order valence-electron chi connectivity index (χ3n) is 3.14. The van der Waals surface area contributed by atoms with E-state index in [1.807, 2.05) is 32.9 Å². The summed E-state index contributed by atoms with van der Waals surface area (Å²) in [4.78, 5) is 11.9. The van der Waals surface area contributed by atoms with Crippen molar-refractivity contribution in [3.05, 3.63) is 35.4 Å². The second-order valence-electron chi connectivity index (χ2n) is 5.93. The summed E-state index contributed by atoms with van der Waals surface area (Å²) >= 11 is 0. The standard InChI is InChI=1S/C15H21NO2/c1-15(2,3)18-14(17)13-8-12(13)11-6-4-10(9-16)5-7-11/h4-7,12-13H,8-9,16H2,1-3H3/t12-,13+/m0/s1. The van der Waals surface area contributed by atoms with Gasteiger partial charge in [0.25, 0.3) is 0 Å². The molecule has 0 unspecified atom stereocenters. The van der Waals surface area contributed by atoms with E-state index >= 15 is 0 Å². The number of carbonyl (C=O) groups excluding carboxylic acids is 1. The Hall–Kier alpha value is -1.35. The summed E-state index contributed by atoms with van der Waals surface area (Å²) in [6.07, 6.45) is 0.900. The Kier molecular flexibility index (Phi) is 3.44. The molecule has 0 amide bonds. The largest absolute Gasteiger partial charge is 0.460 e. The third kappa shape index (κ3) is 3.10. The number of nitrogens with two attached hydrogens (primary N) is 1. The monoisotopic (exact) mass is 247 g/mol. The van der Waals surface area contributed by atoms with E-state index in [0.717, 1.165) is 12.0 Å². The molecular weight excluding hydrogens is 226 g/mol. The molecule has 1 aliphatic carbocycles. The fraction of sp³-hybridized carbons (Fsp3) is 0.533. The van der Waals surface area contributed by atoms with E-state index in [0.29, 0.717) is 12.5 Å². The molecule has 2 atom stereocenters. The minimum absolute atomic E-state index is 0.0351. The summed E-state index contributed by atoms with van der Waals surface area (Å²) in [5.74, 6) is 0.287. The highest BCUT2D eigenvalue weighted by atomic mass is 16.6. The van der Waals surface area contributed by atoms with Crippen LogP contribution in [0.3, 0.4) is 0 Å². The van der Waals surface area contributed by atoms with Gasteiger partial charge >= 0.3 is 5.97 Å². The predicted molar refractivity (Wildman–Crippen MR) is 71.0 cm³/mol. The molecule has 3 heteroatoms. The van der Waals surface area contributed by atoms with Crippen molar-refractivity contribution in [3.63, 3.8) is 0 Å². The molecule has 1 fully saturated rings. The van der Waals surface area contributed by atoms with Crippen molar-refractivity contribution in [1.29, 1.82) is 0 Å². The topological polar surface area (TPSA) is 52.3 Å². The Morgan fingerprint density at radius 1 is 1.33 bits per heavy atom. The van der Waals surface area contributed by atoms with Gasteiger partial charge < -0.3 is 10.5 Å². The summed E-state index contributed by atoms with van der Waals surface area (Å²) in [7, 11) is 0. The second-order valence-corrected chi connectivity index (χ2v) is 5.93. The van der Waals surface area contributed by atoms with Crippen LogP contribution in [0.5, 0.6) is 0 Å². The van der Waals surface area contributed by atoms with E-state index in [1.54, 1.807) is 0 Å². The molecule has 0 heterocycles. The van der Waals surface area contributed by atoms with Gasteiger partial charge in [0.1, 0.15) is 5.60 Å². The van der Waals surface area contributed by atoms with Gasteiger partial charge in [-0.3, -0.25) is 4.79 Å². The van der Waals surface area contributed by atoms with Crippen LogP contribution in [0.25, 0.3) is 0 Å². The molecule has 1 aromatic carbocycles. The lowest BCUT2D eigenvalue weighted by atomic mass is 10.1. The Morgan fingerprint density at radius 2 is 1.94 bits per heavy atom. The summed E-state index contributed by atoms with van der Waals surface area (Å²) in [5, 5.41) is 0. The summed E-state index contributed by atoms with van der Waals surface area (Å²) < 4.78 is 5.40. The van der Waals surface area contributed by atoms with Crippen molar-refractivity contribution in [2.24, 2.45) is 11.7 Å². The number of carbonyl (C=O) groups is 1. The van der Waals surface area contributed by atoms with Crippen molar-refractivity contribution in [3.8, 4) is 0 Å². The van der Waals surface area contributed by atoms with E-state index in [4.69, 9.17) is 10.5 Å². The number of hydrogen-bond acceptors (Lipinski definition) is 3. The average molecular weight is 247 g/mol. The zero-order chi connectivity index (χ0) is 13.3. The van der Waals surface area contributed by atoms with Gasteiger partial charge in [-0.1, -0.05) is 24.3 Å². The summed E-state index contributed by atoms with van der Waals surface area (Å²) in [6.45, 7) is 6.26. The van der Waals surface area contributed by atoms with E-state index in [9.17, 15) is 4.79 Å². The van der Waals surface area contributed by atoms with Gasteiger partial charge in [0.05, 0.1) is 5.92 Å². The van der Waals surface area contributed by atoms with Crippen molar-refractivity contribution < 1.29 is 9.53 Å². The van der Waals surface area contributed by atoms with Gasteiger partial charge in [0.2, 0.25) is 0 Å². The maximum atomic E-state index is 11.9. The first-order valence-electron chi connectivity index (χ1n) is 6.42. The van der Waals surface area contributed by atoms with Gasteiger partial charge in [-0.05, 0) is 44.2 Å². The molecule has 98 valence electrons. The Bertz CT molecular complexity index is 431. The fourth-order valence-corrected chi connectivity index (χ4v) is 2.10. The predicted octanol–water partition coefficient (Wildman–Crippen LogP) is 2.59. The van der Waals surface area contributed by atoms with Gasteiger partial charge in [0, 0.05) is 6.54 Å². The summed E-state index contributed by atoms with van der Waals surface area (Å²) in [6, 6.07) is 8.19. The van der Waals surface area contributed by atoms with Crippen LogP contribution < -0.4 is 5.73 Å². The highest BCUT2D eigenvalue weighted by Crippen LogP contribution is 2.48. The number of esters is 1. The maximum absolute atomic E-state index is 11.9. The van der Waals surface area contributed by atoms with E-state index in [-0.39, 0.29) is 11.9 Å². The molecule has 1 saturated carbocycles. The van der Waals surface area contributed by atoms with Crippen LogP contribution in [-0.2, 0) is 16.1 Å². The molecule has 2 rings (SSSR count). The number of benzene rings is 1. The minimum atomic E-state index is -0.395. The smallest absolute Gasteiger partial charge is 0.310 e. The Labute approximate surface area is 108 Å². The van der Waals surface area contributed by atoms with E-state index in [2.05, 4.69) is 12.1 Å². The molecule has 0 aliphatic heterocycles. The zero-order valence-electron chi connectivity index (χ0n) is 11.3. The van der Waals surface area contributed by atoms with Crippen LogP contribution in [0.4, 0.5) is 0 Å². The van der Waals surface area contributed by atoms with Gasteiger partial charge in [0.15, 0.2) is 0 Å². The number of rotatable bonds is 3. The van der Waals surface area contributed by atoms with Gasteiger partial charge in [-0.15, -0.1) is 0 Å². The molecule has 1 aromatic rings. The first-order chi connectivity index (χ1) is 8.40. The van der Waals surface area contributed by atoms with Crippen LogP contribution in [0.1, 0.15) is 44.2 Å². The third-order valence-corrected chi connectivity index (χ3v) is 3.14. The van der Waals surface area contributed by atoms with Crippen molar-refractivity contribution in [1.82, 2.24) is 0 Å². The highest BCUT2D eigenvalue weighted by molar-refractivity contribution is 5.77. The van der Waals surface area contributed by atoms with Crippen LogP contribution in [0.2, 0.25) is 0 Å². The molecule has 1 aliphatic rings. The lowest BCUT2D eigenvalue weighted by molar-refractivity contribution is -0.156. The summed E-state index contributed by atoms with van der Waals surface area (Å²) in [5.41, 5.74) is 7.50. The van der Waals surface area contributed by atoms with E-state index in [1.165, 1.54) is 5.56 Å². The molecular formula is C15H21NO2. The molecule has 0 radical (unpaired) electrons. The van der Waals surface area contributed by atoms with Gasteiger partial charge in [-0.25, -0.2) is 0 Å². The van der Waals surface area contributed by atoms with Crippen LogP contribution in [0, 0.1) is 5.92 Å². The van der Waals surface area contributed by atoms with Crippen LogP contribution in [-0.4, -0.2) is 11.6 Å². The molecule has 2 N–H and O–H groups in total. The molecule has 0 spiro atoms. The fourth-order valence-electron chi connectivity index (χ4n) is 2.10. The first kappa shape index (κ1) is 13.1. The van der Waals surface area contributed by atoms with Crippen LogP contribution in [0.15, 0.2) is 24.3 Å². The van der Waals surface area contributed by atoms with Gasteiger partial charge in [-0.2, -0.15) is 0 Å². The number of ether oxygens (including phenoxy) is 1. The van der Waals surface area contributed by atoms with E-state index < -0.39 is 5.60 Å². The Morgan fingerprint density at radius 3 is 2.44 bits per heavy atom. The molecule has 0 aromatic heterocycles. The molecule has 0 saturated heterocycles. The van der Waals surface area contributed by atoms with Crippen LogP contribution >= 0.6 is 0 Å². The quantitative estimate of drug-likeness (QED) is 0.835. The Balaban J connectivity index is 1.96. The minimum Gasteiger partial charge on any atom is -0.460 e. The van der Waals surface area contributed by atoms with Crippen molar-refractivity contribution in [2.75, 3.05) is 0 Å². The zero-order valence-corrected chi connectivity index (χ0v) is 11.3. The van der Waals surface area contributed by atoms with Crippen molar-refractivity contribution in [2.45, 2.75) is 45.3 Å². The highest BCUT2D eigenvalue weighted by Gasteiger charge is 2.46. The average Bonchev–Trinajstić information content (AvgIpc) is 3.07. The lowest BCUT2D eigenvalue weighted by Gasteiger charge is -2.19. The van der Waals surface area contributed by atoms with Crippen molar-refractivity contribution >= 4 is 5.97 Å². The first-order valence-corrected chi connectivity index (χ1v) is 6.42. The molecule has 0 bridgehead atoms. The normalized spacial score (nSPS) is 22.7. The molecule has 18 heavy (non-hydrogen) atoms.